The molecular formula is C8H13N3O4S2. The summed E-state index contributed by atoms with van der Waals surface area (Å²) in [5.41, 5.74) is -0.0135. The first kappa shape index (κ1) is 14.0. The zero-order valence-electron chi connectivity index (χ0n) is 9.37. The number of carboxylic acid groups (broad SMARTS) is 1. The maximum atomic E-state index is 11.3. The molecule has 96 valence electrons. The Balaban J connectivity index is 2.49. The smallest absolute Gasteiger partial charge is 0.355 e. The summed E-state index contributed by atoms with van der Waals surface area (Å²) in [5, 5.41) is 10.7. The number of hydrogen-bond acceptors (Lipinski definition) is 5. The van der Waals surface area contributed by atoms with Crippen LogP contribution in [0.25, 0.3) is 0 Å². The van der Waals surface area contributed by atoms with E-state index in [1.54, 1.807) is 0 Å². The normalized spacial score (nSPS) is 11.9. The summed E-state index contributed by atoms with van der Waals surface area (Å²) in [5.74, 6) is -1.08. The zero-order chi connectivity index (χ0) is 13.1. The molecule has 1 rings (SSSR count). The third-order valence-electron chi connectivity index (χ3n) is 1.87. The fraction of sp³-hybridized carbons (Fsp3) is 0.500. The van der Waals surface area contributed by atoms with Gasteiger partial charge >= 0.3 is 5.97 Å². The number of aromatic carboxylic acids is 1. The van der Waals surface area contributed by atoms with E-state index in [0.29, 0.717) is 11.4 Å². The van der Waals surface area contributed by atoms with Crippen molar-refractivity contribution in [1.29, 1.82) is 0 Å². The van der Waals surface area contributed by atoms with E-state index in [2.05, 4.69) is 9.71 Å². The number of hydrogen-bond donors (Lipinski definition) is 2. The minimum Gasteiger partial charge on any atom is -0.476 e. The van der Waals surface area contributed by atoms with Gasteiger partial charge in [0.05, 0.1) is 5.01 Å². The van der Waals surface area contributed by atoms with Crippen molar-refractivity contribution in [2.75, 3.05) is 20.6 Å². The molecule has 0 aliphatic heterocycles. The molecule has 1 aromatic heterocycles. The van der Waals surface area contributed by atoms with E-state index in [0.717, 1.165) is 4.31 Å². The third-order valence-corrected chi connectivity index (χ3v) is 4.31. The summed E-state index contributed by atoms with van der Waals surface area (Å²) in [6, 6.07) is 0. The molecule has 0 spiro atoms. The van der Waals surface area contributed by atoms with Crippen molar-refractivity contribution in [3.8, 4) is 0 Å². The van der Waals surface area contributed by atoms with Gasteiger partial charge in [-0.25, -0.2) is 14.5 Å². The number of rotatable bonds is 6. The summed E-state index contributed by atoms with van der Waals surface area (Å²) in [6.07, 6.45) is 0.366. The molecule has 9 heteroatoms. The van der Waals surface area contributed by atoms with E-state index in [9.17, 15) is 13.2 Å². The second kappa shape index (κ2) is 5.54. The maximum Gasteiger partial charge on any atom is 0.355 e. The van der Waals surface area contributed by atoms with Crippen LogP contribution in [0.5, 0.6) is 0 Å². The largest absolute Gasteiger partial charge is 0.476 e. The summed E-state index contributed by atoms with van der Waals surface area (Å²) in [4.78, 5) is 14.4. The molecule has 0 saturated carbocycles. The highest BCUT2D eigenvalue weighted by Gasteiger charge is 2.13. The van der Waals surface area contributed by atoms with Crippen LogP contribution in [-0.2, 0) is 16.6 Å². The van der Waals surface area contributed by atoms with Crippen LogP contribution < -0.4 is 4.72 Å². The Morgan fingerprint density at radius 2 is 2.24 bits per heavy atom. The van der Waals surface area contributed by atoms with E-state index < -0.39 is 16.2 Å². The van der Waals surface area contributed by atoms with Crippen molar-refractivity contribution in [1.82, 2.24) is 14.0 Å². The number of carboxylic acids is 1. The van der Waals surface area contributed by atoms with Crippen molar-refractivity contribution in [3.63, 3.8) is 0 Å². The molecule has 0 aliphatic rings. The lowest BCUT2D eigenvalue weighted by Gasteiger charge is -2.11. The van der Waals surface area contributed by atoms with Gasteiger partial charge in [0.15, 0.2) is 5.69 Å². The summed E-state index contributed by atoms with van der Waals surface area (Å²) in [6.45, 7) is 0.188. The number of nitrogens with zero attached hydrogens (tertiary/aromatic N) is 2. The van der Waals surface area contributed by atoms with Gasteiger partial charge in [-0.15, -0.1) is 11.3 Å². The average Bonchev–Trinajstić information content (AvgIpc) is 2.66. The van der Waals surface area contributed by atoms with E-state index in [4.69, 9.17) is 5.11 Å². The summed E-state index contributed by atoms with van der Waals surface area (Å²) < 4.78 is 26.1. The molecule has 0 amide bonds. The van der Waals surface area contributed by atoms with Gasteiger partial charge in [-0.05, 0) is 0 Å². The molecule has 0 saturated heterocycles. The van der Waals surface area contributed by atoms with Crippen LogP contribution in [0.2, 0.25) is 0 Å². The molecule has 0 fully saturated rings. The fourth-order valence-corrected chi connectivity index (χ4v) is 2.33. The molecule has 1 aromatic rings. The Hall–Kier alpha value is -1.03. The van der Waals surface area contributed by atoms with Gasteiger partial charge in [-0.2, -0.15) is 12.7 Å². The van der Waals surface area contributed by atoms with Gasteiger partial charge in [0.25, 0.3) is 10.2 Å². The molecule has 17 heavy (non-hydrogen) atoms. The predicted molar refractivity (Wildman–Crippen MR) is 63.4 cm³/mol. The first-order chi connectivity index (χ1) is 7.83. The fourth-order valence-electron chi connectivity index (χ4n) is 0.940. The van der Waals surface area contributed by atoms with Crippen LogP contribution in [0, 0.1) is 0 Å². The third kappa shape index (κ3) is 4.04. The Labute approximate surface area is 103 Å². The summed E-state index contributed by atoms with van der Waals surface area (Å²) >= 11 is 1.20. The lowest BCUT2D eigenvalue weighted by atomic mass is 10.4. The van der Waals surface area contributed by atoms with E-state index in [1.807, 2.05) is 0 Å². The Morgan fingerprint density at radius 3 is 2.71 bits per heavy atom. The van der Waals surface area contributed by atoms with Crippen molar-refractivity contribution in [3.05, 3.63) is 16.1 Å². The Kier molecular flexibility index (Phi) is 4.57. The minimum atomic E-state index is -3.43. The molecule has 2 N–H and O–H groups in total. The Bertz CT molecular complexity index is 495. The van der Waals surface area contributed by atoms with Crippen LogP contribution >= 0.6 is 11.3 Å². The van der Waals surface area contributed by atoms with Gasteiger partial charge in [-0.1, -0.05) is 0 Å². The average molecular weight is 279 g/mol. The SMILES string of the molecule is CN(C)S(=O)(=O)NCCc1nc(C(=O)O)cs1. The predicted octanol–water partition coefficient (Wildman–Crippen LogP) is -0.220. The monoisotopic (exact) mass is 279 g/mol. The van der Waals surface area contributed by atoms with Crippen molar-refractivity contribution in [2.45, 2.75) is 6.42 Å². The molecule has 0 bridgehead atoms. The van der Waals surface area contributed by atoms with Crippen molar-refractivity contribution < 1.29 is 18.3 Å². The first-order valence-corrected chi connectivity index (χ1v) is 6.99. The quantitative estimate of drug-likeness (QED) is 0.750. The second-order valence-electron chi connectivity index (χ2n) is 3.36. The van der Waals surface area contributed by atoms with E-state index in [-0.39, 0.29) is 12.2 Å². The van der Waals surface area contributed by atoms with Crippen LogP contribution in [0.15, 0.2) is 5.38 Å². The first-order valence-electron chi connectivity index (χ1n) is 4.68. The number of aromatic nitrogens is 1. The van der Waals surface area contributed by atoms with Crippen molar-refractivity contribution in [2.24, 2.45) is 0 Å². The highest BCUT2D eigenvalue weighted by atomic mass is 32.2. The molecule has 7 nitrogen and oxygen atoms in total. The van der Waals surface area contributed by atoms with Crippen molar-refractivity contribution >= 4 is 27.5 Å². The molecule has 0 atom stereocenters. The topological polar surface area (TPSA) is 99.6 Å². The number of carbonyl (C=O) groups is 1. The van der Waals surface area contributed by atoms with Gasteiger partial charge in [0.2, 0.25) is 0 Å². The molecule has 1 heterocycles. The van der Waals surface area contributed by atoms with Gasteiger partial charge in [-0.3, -0.25) is 0 Å². The molecular weight excluding hydrogens is 266 g/mol. The van der Waals surface area contributed by atoms with E-state index in [1.165, 1.54) is 30.8 Å². The Morgan fingerprint density at radius 1 is 1.59 bits per heavy atom. The molecule has 0 aromatic carbocycles. The number of nitrogens with one attached hydrogen (secondary N) is 1. The lowest BCUT2D eigenvalue weighted by Crippen LogP contribution is -2.36. The van der Waals surface area contributed by atoms with Gasteiger partial charge in [0.1, 0.15) is 0 Å². The molecule has 0 unspecified atom stereocenters. The van der Waals surface area contributed by atoms with Crippen LogP contribution in [0.3, 0.4) is 0 Å². The van der Waals surface area contributed by atoms with Gasteiger partial charge < -0.3 is 5.11 Å². The minimum absolute atomic E-state index is 0.0135. The summed E-state index contributed by atoms with van der Waals surface area (Å²) in [7, 11) is -0.584. The number of thiazole rings is 1. The van der Waals surface area contributed by atoms with Crippen LogP contribution in [0.4, 0.5) is 0 Å². The van der Waals surface area contributed by atoms with Crippen LogP contribution in [0.1, 0.15) is 15.5 Å². The highest BCUT2D eigenvalue weighted by Crippen LogP contribution is 2.10. The zero-order valence-corrected chi connectivity index (χ0v) is 11.0. The van der Waals surface area contributed by atoms with E-state index >= 15 is 0 Å². The highest BCUT2D eigenvalue weighted by molar-refractivity contribution is 7.87. The van der Waals surface area contributed by atoms with Crippen LogP contribution in [-0.4, -0.2) is 49.4 Å². The molecule has 0 radical (unpaired) electrons. The van der Waals surface area contributed by atoms with Gasteiger partial charge in [0, 0.05) is 32.4 Å². The second-order valence-corrected chi connectivity index (χ2v) is 6.28. The molecule has 0 aliphatic carbocycles. The lowest BCUT2D eigenvalue weighted by molar-refractivity contribution is 0.0691. The standard InChI is InChI=1S/C8H13N3O4S2/c1-11(2)17(14,15)9-4-3-7-10-6(5-16-7)8(12)13/h5,9H,3-4H2,1-2H3,(H,12,13). The maximum absolute atomic E-state index is 11.3.